The van der Waals surface area contributed by atoms with E-state index in [0.29, 0.717) is 35.6 Å². The molecule has 0 aliphatic rings. The minimum absolute atomic E-state index is 0.0643. The van der Waals surface area contributed by atoms with Crippen LogP contribution in [0.2, 0.25) is 0 Å². The van der Waals surface area contributed by atoms with Crippen molar-refractivity contribution < 1.29 is 17.6 Å². The van der Waals surface area contributed by atoms with Gasteiger partial charge in [0.25, 0.3) is 0 Å². The molecule has 0 spiro atoms. The summed E-state index contributed by atoms with van der Waals surface area (Å²) in [5.41, 5.74) is 6.57. The average molecular weight is 363 g/mol. The molecule has 0 bridgehead atoms. The number of fused-ring (bicyclic) bond motifs is 1. The molecule has 6 nitrogen and oxygen atoms in total. The van der Waals surface area contributed by atoms with Crippen LogP contribution < -0.4 is 5.73 Å². The lowest BCUT2D eigenvalue weighted by Crippen LogP contribution is -2.09. The number of allylic oxidation sites excluding steroid dienone is 4. The summed E-state index contributed by atoms with van der Waals surface area (Å²) >= 11 is 0. The molecule has 0 unspecified atom stereocenters. The molecule has 0 saturated carbocycles. The van der Waals surface area contributed by atoms with Crippen LogP contribution in [0.25, 0.3) is 22.6 Å². The Hall–Kier alpha value is -3.10. The number of nitrogen functional groups attached to an aromatic ring is 1. The predicted molar refractivity (Wildman–Crippen MR) is 91.0 cm³/mol. The van der Waals surface area contributed by atoms with Crippen molar-refractivity contribution in [2.75, 3.05) is 5.73 Å². The van der Waals surface area contributed by atoms with Crippen molar-refractivity contribution in [2.24, 2.45) is 0 Å². The Bertz CT molecular complexity index is 955. The van der Waals surface area contributed by atoms with Crippen LogP contribution >= 0.6 is 0 Å². The maximum absolute atomic E-state index is 12.7. The van der Waals surface area contributed by atoms with Crippen LogP contribution in [-0.2, 0) is 6.54 Å². The number of rotatable bonds is 5. The van der Waals surface area contributed by atoms with E-state index in [1.165, 1.54) is 19.3 Å². The minimum atomic E-state index is -4.35. The largest absolute Gasteiger partial charge is 0.463 e. The Morgan fingerprint density at radius 1 is 1.35 bits per heavy atom. The molecule has 3 rings (SSSR count). The zero-order chi connectivity index (χ0) is 18.7. The van der Waals surface area contributed by atoms with Crippen molar-refractivity contribution in [3.63, 3.8) is 0 Å². The summed E-state index contributed by atoms with van der Waals surface area (Å²) in [5.74, 6) is 0.576. The highest BCUT2D eigenvalue weighted by molar-refractivity contribution is 5.86. The number of furan rings is 1. The first kappa shape index (κ1) is 17.7. The first-order valence-electron chi connectivity index (χ1n) is 7.82. The van der Waals surface area contributed by atoms with E-state index in [0.717, 1.165) is 12.2 Å². The van der Waals surface area contributed by atoms with Gasteiger partial charge in [0.1, 0.15) is 11.2 Å². The summed E-state index contributed by atoms with van der Waals surface area (Å²) in [7, 11) is 0. The highest BCUT2D eigenvalue weighted by Crippen LogP contribution is 2.27. The Morgan fingerprint density at radius 3 is 2.81 bits per heavy atom. The van der Waals surface area contributed by atoms with Gasteiger partial charge in [-0.15, -0.1) is 0 Å². The number of nitrogens with zero attached hydrogens (tertiary/aromatic N) is 4. The fourth-order valence-electron chi connectivity index (χ4n) is 2.49. The molecular weight excluding hydrogens is 347 g/mol. The quantitative estimate of drug-likeness (QED) is 0.690. The summed E-state index contributed by atoms with van der Waals surface area (Å²) in [6, 6.07) is 3.46. The van der Waals surface area contributed by atoms with Gasteiger partial charge in [-0.25, -0.2) is 9.97 Å². The first-order valence-corrected chi connectivity index (χ1v) is 7.82. The van der Waals surface area contributed by atoms with Gasteiger partial charge in [-0.1, -0.05) is 18.2 Å². The predicted octanol–water partition coefficient (Wildman–Crippen LogP) is 4.12. The van der Waals surface area contributed by atoms with E-state index in [4.69, 9.17) is 10.2 Å². The van der Waals surface area contributed by atoms with Gasteiger partial charge < -0.3 is 14.7 Å². The number of aryl methyl sites for hydroxylation is 1. The van der Waals surface area contributed by atoms with Crippen LogP contribution in [-0.4, -0.2) is 25.7 Å². The molecule has 3 heterocycles. The van der Waals surface area contributed by atoms with Crippen molar-refractivity contribution in [1.82, 2.24) is 19.5 Å². The number of alkyl halides is 3. The third kappa shape index (κ3) is 3.61. The lowest BCUT2D eigenvalue weighted by atomic mass is 10.2. The van der Waals surface area contributed by atoms with Crippen molar-refractivity contribution in [2.45, 2.75) is 26.1 Å². The van der Waals surface area contributed by atoms with E-state index < -0.39 is 11.7 Å². The number of nitrogens with two attached hydrogens (primary N) is 1. The number of anilines is 1. The topological polar surface area (TPSA) is 82.8 Å². The Morgan fingerprint density at radius 2 is 2.15 bits per heavy atom. The van der Waals surface area contributed by atoms with E-state index >= 15 is 0 Å². The van der Waals surface area contributed by atoms with Gasteiger partial charge in [0, 0.05) is 6.54 Å². The van der Waals surface area contributed by atoms with Crippen molar-refractivity contribution in [3.05, 3.63) is 48.5 Å². The molecule has 0 aliphatic carbocycles. The number of imidazole rings is 1. The molecule has 0 atom stereocenters. The number of hydrogen-bond donors (Lipinski definition) is 1. The van der Waals surface area contributed by atoms with E-state index in [1.807, 2.05) is 0 Å². The molecule has 0 radical (unpaired) electrons. The zero-order valence-electron chi connectivity index (χ0n) is 13.9. The fourth-order valence-corrected chi connectivity index (χ4v) is 2.49. The average Bonchev–Trinajstić information content (AvgIpc) is 3.23. The van der Waals surface area contributed by atoms with Crippen LogP contribution in [0, 0.1) is 0 Å². The molecule has 9 heteroatoms. The van der Waals surface area contributed by atoms with Crippen LogP contribution in [0.15, 0.2) is 52.9 Å². The lowest BCUT2D eigenvalue weighted by molar-refractivity contribution is -0.0883. The van der Waals surface area contributed by atoms with E-state index in [-0.39, 0.29) is 5.95 Å². The molecule has 0 amide bonds. The summed E-state index contributed by atoms with van der Waals surface area (Å²) in [6.07, 6.45) is 2.65. The molecular formula is C17H16F3N5O. The van der Waals surface area contributed by atoms with E-state index in [2.05, 4.69) is 15.0 Å². The second-order valence-corrected chi connectivity index (χ2v) is 5.45. The second kappa shape index (κ2) is 7.03. The lowest BCUT2D eigenvalue weighted by Gasteiger charge is -2.06. The molecule has 0 saturated heterocycles. The van der Waals surface area contributed by atoms with Gasteiger partial charge in [-0.05, 0) is 25.5 Å². The van der Waals surface area contributed by atoms with E-state index in [1.54, 1.807) is 23.0 Å². The first-order chi connectivity index (χ1) is 12.4. The Balaban J connectivity index is 1.82. The second-order valence-electron chi connectivity index (χ2n) is 5.45. The Labute approximate surface area is 146 Å². The van der Waals surface area contributed by atoms with Gasteiger partial charge in [-0.2, -0.15) is 18.2 Å². The molecule has 2 N–H and O–H groups in total. The summed E-state index contributed by atoms with van der Waals surface area (Å²) < 4.78 is 45.1. The van der Waals surface area contributed by atoms with Gasteiger partial charge in [0.05, 0.1) is 18.2 Å². The molecule has 136 valence electrons. The van der Waals surface area contributed by atoms with Crippen LogP contribution in [0.4, 0.5) is 19.1 Å². The molecule has 3 aromatic rings. The SMILES string of the molecule is C/C=C(\C=C/CCn1cnc2c(-c3ccco3)nc(N)nc21)C(F)(F)F. The van der Waals surface area contributed by atoms with Crippen LogP contribution in [0.1, 0.15) is 13.3 Å². The zero-order valence-corrected chi connectivity index (χ0v) is 13.9. The minimum Gasteiger partial charge on any atom is -0.463 e. The van der Waals surface area contributed by atoms with Crippen LogP contribution in [0.3, 0.4) is 0 Å². The van der Waals surface area contributed by atoms with Crippen molar-refractivity contribution >= 4 is 17.1 Å². The molecule has 0 fully saturated rings. The van der Waals surface area contributed by atoms with Gasteiger partial charge >= 0.3 is 6.18 Å². The molecule has 0 aliphatic heterocycles. The molecule has 26 heavy (non-hydrogen) atoms. The van der Waals surface area contributed by atoms with Crippen molar-refractivity contribution in [3.8, 4) is 11.5 Å². The highest BCUT2D eigenvalue weighted by atomic mass is 19.4. The third-order valence-corrected chi connectivity index (χ3v) is 3.71. The van der Waals surface area contributed by atoms with Crippen LogP contribution in [0.5, 0.6) is 0 Å². The van der Waals surface area contributed by atoms with Crippen molar-refractivity contribution in [1.29, 1.82) is 0 Å². The monoisotopic (exact) mass is 363 g/mol. The number of halogens is 3. The van der Waals surface area contributed by atoms with Gasteiger partial charge in [0.15, 0.2) is 11.4 Å². The standard InChI is InChI=1S/C17H16F3N5O/c1-2-11(17(18,19)20)6-3-4-8-25-10-22-14-13(12-7-5-9-26-12)23-16(21)24-15(14)25/h2-3,5-7,9-10H,4,8H2,1H3,(H2,21,23,24)/b6-3-,11-2+. The summed E-state index contributed by atoms with van der Waals surface area (Å²) in [6.45, 7) is 1.75. The van der Waals surface area contributed by atoms with E-state index in [9.17, 15) is 13.2 Å². The maximum Gasteiger partial charge on any atom is 0.416 e. The Kier molecular flexibility index (Phi) is 4.79. The summed E-state index contributed by atoms with van der Waals surface area (Å²) in [4.78, 5) is 12.6. The normalized spacial score (nSPS) is 13.2. The highest BCUT2D eigenvalue weighted by Gasteiger charge is 2.30. The fraction of sp³-hybridized carbons (Fsp3) is 0.235. The number of aromatic nitrogens is 4. The molecule has 0 aromatic carbocycles. The summed E-state index contributed by atoms with van der Waals surface area (Å²) in [5, 5.41) is 0. The van der Waals surface area contributed by atoms with Gasteiger partial charge in [-0.3, -0.25) is 0 Å². The number of hydrogen-bond acceptors (Lipinski definition) is 5. The third-order valence-electron chi connectivity index (χ3n) is 3.71. The van der Waals surface area contributed by atoms with Gasteiger partial charge in [0.2, 0.25) is 5.95 Å². The maximum atomic E-state index is 12.7. The smallest absolute Gasteiger partial charge is 0.416 e. The molecule has 3 aromatic heterocycles.